The average Bonchev–Trinajstić information content (AvgIpc) is 3.33. The van der Waals surface area contributed by atoms with E-state index in [9.17, 15) is 9.59 Å². The molecular weight excluding hydrogens is 556 g/mol. The van der Waals surface area contributed by atoms with Crippen LogP contribution in [0.3, 0.4) is 0 Å². The fourth-order valence-electron chi connectivity index (χ4n) is 4.38. The molecular formula is C31H28N4O4S2. The van der Waals surface area contributed by atoms with E-state index in [0.717, 1.165) is 21.6 Å². The molecule has 1 amide bonds. The molecule has 1 N–H and O–H groups in total. The second kappa shape index (κ2) is 12.8. The van der Waals surface area contributed by atoms with E-state index in [2.05, 4.69) is 10.5 Å². The number of carbonyl (C=O) groups is 1. The molecule has 0 aliphatic heterocycles. The Balaban J connectivity index is 1.40. The van der Waals surface area contributed by atoms with Crippen LogP contribution in [0.2, 0.25) is 0 Å². The minimum absolute atomic E-state index is 0.0185. The number of fused-ring (bicyclic) bond motifs is 1. The zero-order chi connectivity index (χ0) is 28.8. The zero-order valence-corrected chi connectivity index (χ0v) is 24.4. The molecule has 0 aliphatic carbocycles. The van der Waals surface area contributed by atoms with Crippen molar-refractivity contribution in [1.82, 2.24) is 15.0 Å². The maximum Gasteiger partial charge on any atom is 0.268 e. The van der Waals surface area contributed by atoms with E-state index in [1.54, 1.807) is 23.8 Å². The summed E-state index contributed by atoms with van der Waals surface area (Å²) in [5, 5.41) is 5.09. The molecule has 0 saturated carbocycles. The lowest BCUT2D eigenvalue weighted by molar-refractivity contribution is -0.118. The van der Waals surface area contributed by atoms with Gasteiger partial charge in [0.05, 0.1) is 36.8 Å². The number of carbonyl (C=O) groups excluding carboxylic acids is 1. The van der Waals surface area contributed by atoms with Crippen LogP contribution in [0.15, 0.2) is 93.9 Å². The van der Waals surface area contributed by atoms with Gasteiger partial charge in [0.2, 0.25) is 0 Å². The Morgan fingerprint density at radius 3 is 2.51 bits per heavy atom. The number of thioether (sulfide) groups is 1. The summed E-state index contributed by atoms with van der Waals surface area (Å²) in [6.45, 7) is 4.43. The van der Waals surface area contributed by atoms with E-state index in [1.165, 1.54) is 29.3 Å². The molecule has 0 aliphatic rings. The molecule has 0 unspecified atom stereocenters. The monoisotopic (exact) mass is 584 g/mol. The first-order valence-corrected chi connectivity index (χ1v) is 14.7. The molecule has 0 spiro atoms. The van der Waals surface area contributed by atoms with Crippen molar-refractivity contribution in [2.75, 3.05) is 19.5 Å². The van der Waals surface area contributed by atoms with Crippen molar-refractivity contribution in [2.45, 2.75) is 19.0 Å². The van der Waals surface area contributed by atoms with E-state index in [-0.39, 0.29) is 17.2 Å². The Kier molecular flexibility index (Phi) is 8.81. The highest BCUT2D eigenvalue weighted by Gasteiger charge is 2.21. The Bertz CT molecular complexity index is 1770. The van der Waals surface area contributed by atoms with E-state index in [4.69, 9.17) is 14.5 Å². The number of nitrogens with one attached hydrogen (secondary N) is 1. The predicted molar refractivity (Wildman–Crippen MR) is 166 cm³/mol. The largest absolute Gasteiger partial charge is 0.493 e. The minimum atomic E-state index is -0.328. The van der Waals surface area contributed by atoms with E-state index >= 15 is 0 Å². The molecule has 8 nitrogen and oxygen atoms in total. The van der Waals surface area contributed by atoms with Gasteiger partial charge in [-0.05, 0) is 55.3 Å². The smallest absolute Gasteiger partial charge is 0.268 e. The first-order chi connectivity index (χ1) is 20.0. The standard InChI is InChI=1S/C31H28N4O4S2/c1-4-39-24-16-15-21(17-25(24)38-3)18-32-34-26(36)19-40-31-33-29-28(30(37)35(31)23-13-9-6-10-14-23)27(20(2)41-29)22-11-7-5-8-12-22/h5-18H,4,19H2,1-3H3,(H,34,36)/b32-18+. The van der Waals surface area contributed by atoms with Crippen LogP contribution in [-0.4, -0.2) is 41.1 Å². The van der Waals surface area contributed by atoms with Crippen LogP contribution >= 0.6 is 23.1 Å². The van der Waals surface area contributed by atoms with Crippen LogP contribution in [0, 0.1) is 6.92 Å². The molecule has 0 atom stereocenters. The van der Waals surface area contributed by atoms with Gasteiger partial charge in [0.15, 0.2) is 16.7 Å². The van der Waals surface area contributed by atoms with Gasteiger partial charge in [-0.25, -0.2) is 10.4 Å². The highest BCUT2D eigenvalue weighted by Crippen LogP contribution is 2.37. The number of aryl methyl sites for hydroxylation is 1. The summed E-state index contributed by atoms with van der Waals surface area (Å²) in [4.78, 5) is 33.2. The summed E-state index contributed by atoms with van der Waals surface area (Å²) >= 11 is 2.66. The Morgan fingerprint density at radius 1 is 1.07 bits per heavy atom. The quantitative estimate of drug-likeness (QED) is 0.0927. The number of amides is 1. The molecule has 2 aromatic heterocycles. The number of nitrogens with zero attached hydrogens (tertiary/aromatic N) is 3. The topological polar surface area (TPSA) is 94.8 Å². The molecule has 41 heavy (non-hydrogen) atoms. The third-order valence-electron chi connectivity index (χ3n) is 6.17. The van der Waals surface area contributed by atoms with Crippen molar-refractivity contribution < 1.29 is 14.3 Å². The number of benzene rings is 3. The Labute approximate surface area is 245 Å². The molecule has 5 rings (SSSR count). The summed E-state index contributed by atoms with van der Waals surface area (Å²) in [5.41, 5.74) is 5.66. The number of para-hydroxylation sites is 1. The zero-order valence-electron chi connectivity index (χ0n) is 22.8. The van der Waals surface area contributed by atoms with Crippen molar-refractivity contribution >= 4 is 45.4 Å². The summed E-state index contributed by atoms with van der Waals surface area (Å²) in [5.74, 6) is 0.908. The second-order valence-corrected chi connectivity index (χ2v) is 11.0. The van der Waals surface area contributed by atoms with Crippen molar-refractivity contribution in [1.29, 1.82) is 0 Å². The second-order valence-electron chi connectivity index (χ2n) is 8.88. The Hall–Kier alpha value is -4.41. The molecule has 0 fully saturated rings. The van der Waals surface area contributed by atoms with Crippen LogP contribution in [0.4, 0.5) is 0 Å². The van der Waals surface area contributed by atoms with E-state index in [1.807, 2.05) is 80.6 Å². The van der Waals surface area contributed by atoms with Crippen molar-refractivity contribution in [3.05, 3.63) is 99.7 Å². The first-order valence-electron chi connectivity index (χ1n) is 12.9. The summed E-state index contributed by atoms with van der Waals surface area (Å²) in [7, 11) is 1.57. The van der Waals surface area contributed by atoms with Crippen LogP contribution in [0.25, 0.3) is 27.0 Å². The number of rotatable bonds is 10. The van der Waals surface area contributed by atoms with Gasteiger partial charge >= 0.3 is 0 Å². The molecule has 3 aromatic carbocycles. The summed E-state index contributed by atoms with van der Waals surface area (Å²) in [6.07, 6.45) is 1.53. The van der Waals surface area contributed by atoms with Gasteiger partial charge < -0.3 is 9.47 Å². The first kappa shape index (κ1) is 28.1. The lowest BCUT2D eigenvalue weighted by Crippen LogP contribution is -2.24. The summed E-state index contributed by atoms with van der Waals surface area (Å²) in [6, 6.07) is 24.6. The molecule has 5 aromatic rings. The van der Waals surface area contributed by atoms with Crippen LogP contribution in [0.1, 0.15) is 17.4 Å². The normalized spacial score (nSPS) is 11.2. The van der Waals surface area contributed by atoms with E-state index in [0.29, 0.717) is 39.2 Å². The van der Waals surface area contributed by atoms with Gasteiger partial charge in [-0.2, -0.15) is 5.10 Å². The molecule has 0 bridgehead atoms. The van der Waals surface area contributed by atoms with Gasteiger partial charge in [-0.15, -0.1) is 11.3 Å². The molecule has 0 radical (unpaired) electrons. The van der Waals surface area contributed by atoms with Crippen LogP contribution in [0.5, 0.6) is 11.5 Å². The Morgan fingerprint density at radius 2 is 1.80 bits per heavy atom. The van der Waals surface area contributed by atoms with Crippen LogP contribution < -0.4 is 20.5 Å². The van der Waals surface area contributed by atoms with E-state index < -0.39 is 0 Å². The minimum Gasteiger partial charge on any atom is -0.493 e. The molecule has 10 heteroatoms. The van der Waals surface area contributed by atoms with Gasteiger partial charge in [-0.1, -0.05) is 60.3 Å². The summed E-state index contributed by atoms with van der Waals surface area (Å²) < 4.78 is 12.5. The number of methoxy groups -OCH3 is 1. The SMILES string of the molecule is CCOc1ccc(/C=N/NC(=O)CSc2nc3sc(C)c(-c4ccccc4)c3c(=O)n2-c2ccccc2)cc1OC. The third kappa shape index (κ3) is 6.18. The third-order valence-corrected chi connectivity index (χ3v) is 8.11. The fraction of sp³-hybridized carbons (Fsp3) is 0.161. The number of hydrogen-bond acceptors (Lipinski definition) is 8. The van der Waals surface area contributed by atoms with Crippen molar-refractivity contribution in [3.8, 4) is 28.3 Å². The highest BCUT2D eigenvalue weighted by molar-refractivity contribution is 7.99. The number of hydrazone groups is 1. The molecule has 2 heterocycles. The number of thiophene rings is 1. The average molecular weight is 585 g/mol. The lowest BCUT2D eigenvalue weighted by atomic mass is 10.0. The van der Waals surface area contributed by atoms with Crippen molar-refractivity contribution in [3.63, 3.8) is 0 Å². The molecule has 208 valence electrons. The van der Waals surface area contributed by atoms with Gasteiger partial charge in [0.25, 0.3) is 11.5 Å². The van der Waals surface area contributed by atoms with Gasteiger partial charge in [0.1, 0.15) is 4.83 Å². The lowest BCUT2D eigenvalue weighted by Gasteiger charge is -2.12. The number of aromatic nitrogens is 2. The highest BCUT2D eigenvalue weighted by atomic mass is 32.2. The van der Waals surface area contributed by atoms with Crippen LogP contribution in [-0.2, 0) is 4.79 Å². The van der Waals surface area contributed by atoms with Gasteiger partial charge in [0, 0.05) is 10.4 Å². The van der Waals surface area contributed by atoms with Crippen molar-refractivity contribution in [2.24, 2.45) is 5.10 Å². The van der Waals surface area contributed by atoms with Gasteiger partial charge in [-0.3, -0.25) is 14.2 Å². The fourth-order valence-corrected chi connectivity index (χ4v) is 6.27. The number of hydrogen-bond donors (Lipinski definition) is 1. The number of ether oxygens (including phenoxy) is 2. The maximum absolute atomic E-state index is 14.0. The molecule has 0 saturated heterocycles. The maximum atomic E-state index is 14.0. The predicted octanol–water partition coefficient (Wildman–Crippen LogP) is 6.07.